The van der Waals surface area contributed by atoms with E-state index in [2.05, 4.69) is 24.4 Å². The Labute approximate surface area is 190 Å². The van der Waals surface area contributed by atoms with Crippen LogP contribution in [0.1, 0.15) is 31.7 Å². The van der Waals surface area contributed by atoms with Crippen LogP contribution in [0.3, 0.4) is 0 Å². The molecule has 5 nitrogen and oxygen atoms in total. The summed E-state index contributed by atoms with van der Waals surface area (Å²) in [5.74, 6) is 0.484. The van der Waals surface area contributed by atoms with E-state index in [1.165, 1.54) is 18.2 Å². The van der Waals surface area contributed by atoms with E-state index in [9.17, 15) is 9.18 Å². The number of halogens is 2. The molecule has 1 fully saturated rings. The molecule has 1 saturated heterocycles. The minimum atomic E-state index is -0.512. The number of anilines is 1. The van der Waals surface area contributed by atoms with Gasteiger partial charge in [0.05, 0.1) is 10.7 Å². The third-order valence-corrected chi connectivity index (χ3v) is 6.80. The second-order valence-electron chi connectivity index (χ2n) is 7.62. The van der Waals surface area contributed by atoms with Crippen LogP contribution in [-0.2, 0) is 0 Å². The number of piperidine rings is 1. The highest BCUT2D eigenvalue weighted by molar-refractivity contribution is 8.15. The molecule has 0 bridgehead atoms. The first-order valence-corrected chi connectivity index (χ1v) is 11.8. The molecule has 1 N–H and O–H groups in total. The first-order valence-electron chi connectivity index (χ1n) is 10.4. The molecule has 0 aliphatic carbocycles. The Bertz CT molecular complexity index is 1020. The standard InChI is InChI=1S/C23H24ClFN4OS/c1-2-14-31-21-20(16-6-4-3-5-7-16)27-23(28-21)10-12-29(13-11-23)22(30)26-17-8-9-19(25)18(24)15-17/h3-9,15H,2,10-14H2,1H3,(H,26,30). The molecule has 4 rings (SSSR count). The molecule has 0 aromatic heterocycles. The van der Waals surface area contributed by atoms with E-state index in [1.807, 2.05) is 18.2 Å². The summed E-state index contributed by atoms with van der Waals surface area (Å²) in [6, 6.07) is 14.1. The first-order chi connectivity index (χ1) is 15.0. The maximum Gasteiger partial charge on any atom is 0.321 e. The Balaban J connectivity index is 1.46. The minimum Gasteiger partial charge on any atom is -0.324 e. The van der Waals surface area contributed by atoms with E-state index in [0.29, 0.717) is 31.6 Å². The van der Waals surface area contributed by atoms with Gasteiger partial charge in [-0.25, -0.2) is 14.2 Å². The monoisotopic (exact) mass is 458 g/mol. The van der Waals surface area contributed by atoms with Crippen molar-refractivity contribution in [1.29, 1.82) is 0 Å². The van der Waals surface area contributed by atoms with Crippen molar-refractivity contribution in [3.05, 3.63) is 64.9 Å². The molecule has 0 saturated carbocycles. The van der Waals surface area contributed by atoms with Crippen molar-refractivity contribution in [3.8, 4) is 0 Å². The molecule has 2 aromatic carbocycles. The Morgan fingerprint density at radius 1 is 1.19 bits per heavy atom. The maximum absolute atomic E-state index is 13.3. The lowest BCUT2D eigenvalue weighted by Gasteiger charge is -2.35. The van der Waals surface area contributed by atoms with E-state index >= 15 is 0 Å². The van der Waals surface area contributed by atoms with Gasteiger partial charge in [0.2, 0.25) is 0 Å². The molecule has 2 heterocycles. The average molecular weight is 459 g/mol. The third-order valence-electron chi connectivity index (χ3n) is 5.34. The van der Waals surface area contributed by atoms with Crippen molar-refractivity contribution in [3.63, 3.8) is 0 Å². The molecule has 31 heavy (non-hydrogen) atoms. The number of carbonyl (C=O) groups is 1. The summed E-state index contributed by atoms with van der Waals surface area (Å²) in [6.07, 6.45) is 2.40. The number of likely N-dealkylation sites (tertiary alicyclic amines) is 1. The highest BCUT2D eigenvalue weighted by Crippen LogP contribution is 2.36. The van der Waals surface area contributed by atoms with Gasteiger partial charge < -0.3 is 10.2 Å². The van der Waals surface area contributed by atoms with Crippen molar-refractivity contribution in [2.24, 2.45) is 9.98 Å². The fourth-order valence-electron chi connectivity index (χ4n) is 3.67. The van der Waals surface area contributed by atoms with E-state index in [-0.39, 0.29) is 11.1 Å². The zero-order valence-corrected chi connectivity index (χ0v) is 18.8. The molecule has 0 atom stereocenters. The lowest BCUT2D eigenvalue weighted by molar-refractivity contribution is 0.175. The topological polar surface area (TPSA) is 57.1 Å². The van der Waals surface area contributed by atoms with Crippen LogP contribution in [0.4, 0.5) is 14.9 Å². The number of hydrogen-bond acceptors (Lipinski definition) is 4. The van der Waals surface area contributed by atoms with Crippen LogP contribution in [0.15, 0.2) is 58.5 Å². The molecule has 1 spiro atoms. The van der Waals surface area contributed by atoms with Crippen molar-refractivity contribution >= 4 is 45.8 Å². The van der Waals surface area contributed by atoms with Gasteiger partial charge in [-0.1, -0.05) is 48.9 Å². The van der Waals surface area contributed by atoms with Crippen LogP contribution in [0, 0.1) is 5.82 Å². The smallest absolute Gasteiger partial charge is 0.321 e. The summed E-state index contributed by atoms with van der Waals surface area (Å²) in [6.45, 7) is 3.24. The molecule has 0 unspecified atom stereocenters. The number of carbonyl (C=O) groups excluding carboxylic acids is 1. The van der Waals surface area contributed by atoms with Gasteiger partial charge >= 0.3 is 6.03 Å². The summed E-state index contributed by atoms with van der Waals surface area (Å²) in [5.41, 5.74) is 2.00. The van der Waals surface area contributed by atoms with Crippen LogP contribution in [0.25, 0.3) is 0 Å². The number of amides is 2. The summed E-state index contributed by atoms with van der Waals surface area (Å²) in [5, 5.41) is 3.76. The molecule has 162 valence electrons. The largest absolute Gasteiger partial charge is 0.324 e. The van der Waals surface area contributed by atoms with Gasteiger partial charge in [-0.15, -0.1) is 11.8 Å². The Morgan fingerprint density at radius 3 is 2.61 bits per heavy atom. The highest BCUT2D eigenvalue weighted by atomic mass is 35.5. The fourth-order valence-corrected chi connectivity index (χ4v) is 4.79. The van der Waals surface area contributed by atoms with Crippen LogP contribution in [0.2, 0.25) is 5.02 Å². The lowest BCUT2D eigenvalue weighted by Crippen LogP contribution is -2.46. The van der Waals surface area contributed by atoms with Crippen LogP contribution < -0.4 is 5.32 Å². The van der Waals surface area contributed by atoms with Crippen molar-refractivity contribution < 1.29 is 9.18 Å². The minimum absolute atomic E-state index is 0.0180. The van der Waals surface area contributed by atoms with Gasteiger partial charge in [-0.05, 0) is 30.4 Å². The van der Waals surface area contributed by atoms with Gasteiger partial charge in [-0.2, -0.15) is 0 Å². The zero-order valence-electron chi connectivity index (χ0n) is 17.3. The van der Waals surface area contributed by atoms with Gasteiger partial charge in [0.25, 0.3) is 0 Å². The van der Waals surface area contributed by atoms with Crippen LogP contribution >= 0.6 is 23.4 Å². The predicted octanol–water partition coefficient (Wildman–Crippen LogP) is 5.85. The molecule has 2 amide bonds. The third kappa shape index (κ3) is 4.93. The van der Waals surface area contributed by atoms with Crippen molar-refractivity contribution in [2.45, 2.75) is 31.8 Å². The van der Waals surface area contributed by atoms with Crippen LogP contribution in [-0.4, -0.2) is 46.2 Å². The van der Waals surface area contributed by atoms with Crippen molar-refractivity contribution in [1.82, 2.24) is 4.90 Å². The maximum atomic E-state index is 13.3. The predicted molar refractivity (Wildman–Crippen MR) is 127 cm³/mol. The zero-order chi connectivity index (χ0) is 21.8. The SMILES string of the molecule is CCCSC1=NC2(CCN(C(=O)Nc3ccc(F)c(Cl)c3)CC2)N=C1c1ccccc1. The lowest BCUT2D eigenvalue weighted by atomic mass is 9.98. The molecule has 8 heteroatoms. The number of hydrogen-bond donors (Lipinski definition) is 1. The normalized spacial score (nSPS) is 17.5. The van der Waals surface area contributed by atoms with E-state index in [4.69, 9.17) is 21.6 Å². The highest BCUT2D eigenvalue weighted by Gasteiger charge is 2.40. The molecule has 2 aliphatic rings. The van der Waals surface area contributed by atoms with Gasteiger partial charge in [0.1, 0.15) is 10.9 Å². The van der Waals surface area contributed by atoms with E-state index < -0.39 is 11.5 Å². The molecule has 2 aromatic rings. The van der Waals surface area contributed by atoms with E-state index in [1.54, 1.807) is 16.7 Å². The second-order valence-corrected chi connectivity index (χ2v) is 9.11. The average Bonchev–Trinajstić information content (AvgIpc) is 3.13. The summed E-state index contributed by atoms with van der Waals surface area (Å²) in [4.78, 5) is 24.5. The number of thioether (sulfide) groups is 1. The second kappa shape index (κ2) is 9.40. The Hall–Kier alpha value is -2.38. The van der Waals surface area contributed by atoms with Gasteiger partial charge in [0.15, 0.2) is 5.66 Å². The van der Waals surface area contributed by atoms with Crippen molar-refractivity contribution in [2.75, 3.05) is 24.2 Å². The quantitative estimate of drug-likeness (QED) is 0.625. The number of aliphatic imine (C=N–C) groups is 2. The summed E-state index contributed by atoms with van der Waals surface area (Å²) >= 11 is 7.56. The Morgan fingerprint density at radius 2 is 1.94 bits per heavy atom. The fraction of sp³-hybridized carbons (Fsp3) is 0.348. The molecule has 0 radical (unpaired) electrons. The molecular formula is C23H24ClFN4OS. The number of nitrogens with one attached hydrogen (secondary N) is 1. The van der Waals surface area contributed by atoms with E-state index in [0.717, 1.165) is 28.5 Å². The number of rotatable bonds is 4. The molecule has 2 aliphatic heterocycles. The summed E-state index contributed by atoms with van der Waals surface area (Å²) in [7, 11) is 0. The van der Waals surface area contributed by atoms with Crippen LogP contribution in [0.5, 0.6) is 0 Å². The first kappa shape index (κ1) is 21.8. The Kier molecular flexibility index (Phi) is 6.62. The number of benzene rings is 2. The molecular weight excluding hydrogens is 435 g/mol. The number of nitrogens with zero attached hydrogens (tertiary/aromatic N) is 3. The van der Waals surface area contributed by atoms with Gasteiger partial charge in [0, 0.05) is 37.2 Å². The number of urea groups is 1. The summed E-state index contributed by atoms with van der Waals surface area (Å²) < 4.78 is 13.3. The van der Waals surface area contributed by atoms with Gasteiger partial charge in [-0.3, -0.25) is 4.99 Å².